The molecule has 0 saturated carbocycles. The molecule has 30 heavy (non-hydrogen) atoms. The van der Waals surface area contributed by atoms with Crippen molar-refractivity contribution in [2.24, 2.45) is 0 Å². The summed E-state index contributed by atoms with van der Waals surface area (Å²) in [4.78, 5) is 2.50. The lowest BCUT2D eigenvalue weighted by Crippen LogP contribution is -2.15. The van der Waals surface area contributed by atoms with Crippen molar-refractivity contribution in [2.75, 3.05) is 24.7 Å². The van der Waals surface area contributed by atoms with Gasteiger partial charge in [0.15, 0.2) is 0 Å². The first kappa shape index (κ1) is 23.3. The van der Waals surface area contributed by atoms with Gasteiger partial charge in [-0.1, -0.05) is 42.5 Å². The van der Waals surface area contributed by atoms with Crippen molar-refractivity contribution in [1.29, 1.82) is 0 Å². The first-order valence-corrected chi connectivity index (χ1v) is 12.8. The second kappa shape index (κ2) is 13.2. The molecule has 3 aromatic rings. The minimum absolute atomic E-state index is 0.150. The topological polar surface area (TPSA) is 18.5 Å². The highest BCUT2D eigenvalue weighted by atomic mass is 32.2. The Morgan fingerprint density at radius 2 is 1.03 bits per heavy atom. The molecule has 0 aromatic heterocycles. The molecular weight excluding hydrogens is 449 g/mol. The maximum atomic E-state index is 5.92. The normalized spacial score (nSPS) is 12.9. The van der Waals surface area contributed by atoms with E-state index < -0.39 is 0 Å². The molecule has 0 spiro atoms. The highest BCUT2D eigenvalue weighted by Gasteiger charge is 2.08. The van der Waals surface area contributed by atoms with Crippen molar-refractivity contribution in [3.63, 3.8) is 0 Å². The van der Waals surface area contributed by atoms with Gasteiger partial charge in [0.2, 0.25) is 0 Å². The van der Waals surface area contributed by atoms with E-state index >= 15 is 0 Å². The van der Waals surface area contributed by atoms with Gasteiger partial charge in [0, 0.05) is 37.9 Å². The largest absolute Gasteiger partial charge is 0.492 e. The van der Waals surface area contributed by atoms with Crippen molar-refractivity contribution in [3.05, 3.63) is 84.9 Å². The van der Waals surface area contributed by atoms with Gasteiger partial charge in [-0.25, -0.2) is 0 Å². The summed E-state index contributed by atoms with van der Waals surface area (Å²) >= 11 is 12.9. The zero-order valence-electron chi connectivity index (χ0n) is 16.6. The lowest BCUT2D eigenvalue weighted by molar-refractivity contribution is 0.308. The molecule has 158 valence electrons. The zero-order valence-corrected chi connectivity index (χ0v) is 20.0. The van der Waals surface area contributed by atoms with Crippen LogP contribution in [0, 0.1) is 0 Å². The summed E-state index contributed by atoms with van der Waals surface area (Å²) in [7, 11) is 0. The number of hydrogen-bond donors (Lipinski definition) is 2. The molecule has 6 heteroatoms. The van der Waals surface area contributed by atoms with Gasteiger partial charge < -0.3 is 9.47 Å². The van der Waals surface area contributed by atoms with Gasteiger partial charge in [-0.15, -0.1) is 23.5 Å². The van der Waals surface area contributed by atoms with E-state index in [0.29, 0.717) is 13.2 Å². The fourth-order valence-electron chi connectivity index (χ4n) is 2.55. The molecule has 2 nitrogen and oxygen atoms in total. The Morgan fingerprint density at radius 3 is 1.47 bits per heavy atom. The van der Waals surface area contributed by atoms with Gasteiger partial charge >= 0.3 is 0 Å². The van der Waals surface area contributed by atoms with Gasteiger partial charge in [0.1, 0.15) is 24.7 Å². The maximum absolute atomic E-state index is 5.92. The standard InChI is InChI=1S/C24H26O2S4/c27-21(17-29-23-10-3-1-4-11-23)15-25-19-8-7-9-20(14-19)26-16-22(28)18-30-24-12-5-2-6-13-24/h1-14,21-22,27-28H,15-18H2. The van der Waals surface area contributed by atoms with Crippen LogP contribution in [0.1, 0.15) is 0 Å². The number of ether oxygens (including phenoxy) is 2. The Morgan fingerprint density at radius 1 is 0.600 bits per heavy atom. The molecule has 0 fully saturated rings. The summed E-state index contributed by atoms with van der Waals surface area (Å²) in [5, 5.41) is 0.299. The van der Waals surface area contributed by atoms with E-state index in [-0.39, 0.29) is 10.5 Å². The molecular formula is C24H26O2S4. The average molecular weight is 475 g/mol. The molecule has 0 aliphatic carbocycles. The monoisotopic (exact) mass is 474 g/mol. The van der Waals surface area contributed by atoms with Crippen LogP contribution in [0.5, 0.6) is 11.5 Å². The van der Waals surface area contributed by atoms with E-state index in [0.717, 1.165) is 23.0 Å². The second-order valence-electron chi connectivity index (χ2n) is 6.65. The molecule has 2 unspecified atom stereocenters. The van der Waals surface area contributed by atoms with Gasteiger partial charge in [-0.05, 0) is 36.4 Å². The van der Waals surface area contributed by atoms with Crippen LogP contribution in [0.2, 0.25) is 0 Å². The van der Waals surface area contributed by atoms with Crippen molar-refractivity contribution in [3.8, 4) is 11.5 Å². The van der Waals surface area contributed by atoms with Gasteiger partial charge in [-0.3, -0.25) is 0 Å². The molecule has 0 saturated heterocycles. The van der Waals surface area contributed by atoms with E-state index in [1.807, 2.05) is 60.7 Å². The smallest absolute Gasteiger partial charge is 0.123 e. The molecule has 0 bridgehead atoms. The Labute approximate surface area is 199 Å². The third-order valence-corrected chi connectivity index (χ3v) is 7.57. The molecule has 0 N–H and O–H groups in total. The minimum Gasteiger partial charge on any atom is -0.492 e. The molecule has 0 radical (unpaired) electrons. The number of thiol groups is 2. The molecule has 0 aliphatic heterocycles. The summed E-state index contributed by atoms with van der Waals surface area (Å²) < 4.78 is 11.8. The highest BCUT2D eigenvalue weighted by molar-refractivity contribution is 8.00. The van der Waals surface area contributed by atoms with Crippen LogP contribution in [0.15, 0.2) is 94.7 Å². The SMILES string of the molecule is SC(COc1cccc(OCC(S)CSc2ccccc2)c1)CSc1ccccc1. The van der Waals surface area contributed by atoms with Crippen LogP contribution in [-0.2, 0) is 0 Å². The quantitative estimate of drug-likeness (QED) is 0.227. The summed E-state index contributed by atoms with van der Waals surface area (Å²) in [6.07, 6.45) is 0. The molecule has 2 atom stereocenters. The van der Waals surface area contributed by atoms with Crippen LogP contribution < -0.4 is 9.47 Å². The van der Waals surface area contributed by atoms with E-state index in [2.05, 4.69) is 49.5 Å². The Kier molecular flexibility index (Phi) is 10.2. The van der Waals surface area contributed by atoms with Crippen LogP contribution in [0.25, 0.3) is 0 Å². The average Bonchev–Trinajstić information content (AvgIpc) is 2.80. The van der Waals surface area contributed by atoms with Gasteiger partial charge in [0.05, 0.1) is 0 Å². The van der Waals surface area contributed by atoms with E-state index in [4.69, 9.17) is 9.47 Å². The Balaban J connectivity index is 1.37. The fraction of sp³-hybridized carbons (Fsp3) is 0.250. The lowest BCUT2D eigenvalue weighted by Gasteiger charge is -2.15. The Hall–Kier alpha value is -1.34. The number of hydrogen-bond acceptors (Lipinski definition) is 6. The van der Waals surface area contributed by atoms with Crippen molar-refractivity contribution >= 4 is 48.8 Å². The first-order chi connectivity index (χ1) is 14.7. The third kappa shape index (κ3) is 8.80. The van der Waals surface area contributed by atoms with Crippen molar-refractivity contribution < 1.29 is 9.47 Å². The van der Waals surface area contributed by atoms with Crippen LogP contribution in [0.3, 0.4) is 0 Å². The van der Waals surface area contributed by atoms with Gasteiger partial charge in [0.25, 0.3) is 0 Å². The molecule has 3 rings (SSSR count). The number of thioether (sulfide) groups is 2. The van der Waals surface area contributed by atoms with Crippen LogP contribution in [-0.4, -0.2) is 35.2 Å². The zero-order chi connectivity index (χ0) is 21.0. The minimum atomic E-state index is 0.150. The molecule has 0 aliphatic rings. The summed E-state index contributed by atoms with van der Waals surface area (Å²) in [5.41, 5.74) is 0. The van der Waals surface area contributed by atoms with Crippen LogP contribution >= 0.6 is 48.8 Å². The lowest BCUT2D eigenvalue weighted by atomic mass is 10.3. The molecule has 0 amide bonds. The number of benzene rings is 3. The summed E-state index contributed by atoms with van der Waals surface area (Å²) in [5.74, 6) is 3.38. The van der Waals surface area contributed by atoms with Crippen molar-refractivity contribution in [2.45, 2.75) is 20.3 Å². The van der Waals surface area contributed by atoms with E-state index in [1.54, 1.807) is 23.5 Å². The predicted octanol–water partition coefficient (Wildman–Crippen LogP) is 6.63. The summed E-state index contributed by atoms with van der Waals surface area (Å²) in [6, 6.07) is 28.5. The van der Waals surface area contributed by atoms with Gasteiger partial charge in [-0.2, -0.15) is 25.3 Å². The van der Waals surface area contributed by atoms with E-state index in [9.17, 15) is 0 Å². The number of rotatable bonds is 12. The Bertz CT molecular complexity index is 793. The fourth-order valence-corrected chi connectivity index (χ4v) is 4.81. The second-order valence-corrected chi connectivity index (χ2v) is 10.3. The van der Waals surface area contributed by atoms with Crippen LogP contribution in [0.4, 0.5) is 0 Å². The molecule has 0 heterocycles. The third-order valence-electron chi connectivity index (χ3n) is 4.06. The summed E-state index contributed by atoms with van der Waals surface area (Å²) in [6.45, 7) is 1.10. The molecule has 3 aromatic carbocycles. The highest BCUT2D eigenvalue weighted by Crippen LogP contribution is 2.24. The predicted molar refractivity (Wildman–Crippen MR) is 137 cm³/mol. The maximum Gasteiger partial charge on any atom is 0.123 e. The van der Waals surface area contributed by atoms with Crippen molar-refractivity contribution in [1.82, 2.24) is 0 Å². The first-order valence-electron chi connectivity index (χ1n) is 9.76. The van der Waals surface area contributed by atoms with E-state index in [1.165, 1.54) is 9.79 Å².